The van der Waals surface area contributed by atoms with Gasteiger partial charge in [-0.2, -0.15) is 0 Å². The lowest BCUT2D eigenvalue weighted by atomic mass is 9.88. The van der Waals surface area contributed by atoms with Crippen molar-refractivity contribution in [1.29, 1.82) is 0 Å². The Labute approximate surface area is 84.7 Å². The Morgan fingerprint density at radius 3 is 2.93 bits per heavy atom. The standard InChI is InChI=1S/C12H17NO/c1-3-9(4-1)13-11-5-2-6-12-10(11)7-8-14-12/h7-9,11,13H,1-6H2. The molecule has 0 aromatic carbocycles. The summed E-state index contributed by atoms with van der Waals surface area (Å²) in [7, 11) is 0. The lowest BCUT2D eigenvalue weighted by molar-refractivity contribution is 0.285. The number of fused-ring (bicyclic) bond motifs is 1. The molecule has 14 heavy (non-hydrogen) atoms. The van der Waals surface area contributed by atoms with E-state index in [2.05, 4.69) is 11.4 Å². The van der Waals surface area contributed by atoms with Crippen LogP contribution in [-0.2, 0) is 6.42 Å². The fraction of sp³-hybridized carbons (Fsp3) is 0.667. The molecule has 2 aliphatic rings. The Kier molecular flexibility index (Phi) is 2.09. The number of nitrogens with one attached hydrogen (secondary N) is 1. The average molecular weight is 191 g/mol. The molecule has 0 saturated heterocycles. The molecule has 0 amide bonds. The normalized spacial score (nSPS) is 27.0. The van der Waals surface area contributed by atoms with Crippen LogP contribution in [0.15, 0.2) is 16.7 Å². The van der Waals surface area contributed by atoms with E-state index in [1.807, 2.05) is 6.26 Å². The van der Waals surface area contributed by atoms with E-state index in [-0.39, 0.29) is 0 Å². The third-order valence-corrected chi connectivity index (χ3v) is 3.59. The van der Waals surface area contributed by atoms with Crippen LogP contribution in [0.3, 0.4) is 0 Å². The Hall–Kier alpha value is -0.760. The topological polar surface area (TPSA) is 25.2 Å². The summed E-state index contributed by atoms with van der Waals surface area (Å²) < 4.78 is 5.48. The molecule has 1 aromatic heterocycles. The molecule has 2 heteroatoms. The maximum absolute atomic E-state index is 5.48. The molecular weight excluding hydrogens is 174 g/mol. The lowest BCUT2D eigenvalue weighted by Gasteiger charge is -2.33. The first-order chi connectivity index (χ1) is 6.93. The van der Waals surface area contributed by atoms with Crippen molar-refractivity contribution in [2.75, 3.05) is 0 Å². The minimum absolute atomic E-state index is 0.572. The van der Waals surface area contributed by atoms with Gasteiger partial charge in [-0.25, -0.2) is 0 Å². The van der Waals surface area contributed by atoms with Crippen LogP contribution in [-0.4, -0.2) is 6.04 Å². The Balaban J connectivity index is 1.74. The van der Waals surface area contributed by atoms with Gasteiger partial charge >= 0.3 is 0 Å². The summed E-state index contributed by atoms with van der Waals surface area (Å²) in [6.07, 6.45) is 9.65. The summed E-state index contributed by atoms with van der Waals surface area (Å²) in [6, 6.07) is 3.49. The molecule has 2 nitrogen and oxygen atoms in total. The summed E-state index contributed by atoms with van der Waals surface area (Å²) in [4.78, 5) is 0. The molecule has 1 N–H and O–H groups in total. The molecule has 1 saturated carbocycles. The minimum Gasteiger partial charge on any atom is -0.469 e. The van der Waals surface area contributed by atoms with Crippen LogP contribution in [0.5, 0.6) is 0 Å². The molecule has 1 heterocycles. The first-order valence-corrected chi connectivity index (χ1v) is 5.76. The summed E-state index contributed by atoms with van der Waals surface area (Å²) in [5.41, 5.74) is 1.42. The summed E-state index contributed by atoms with van der Waals surface area (Å²) in [5.74, 6) is 1.22. The highest BCUT2D eigenvalue weighted by Crippen LogP contribution is 2.32. The molecule has 1 unspecified atom stereocenters. The lowest BCUT2D eigenvalue weighted by Crippen LogP contribution is -2.38. The van der Waals surface area contributed by atoms with Gasteiger partial charge in [0.1, 0.15) is 5.76 Å². The van der Waals surface area contributed by atoms with Crippen molar-refractivity contribution >= 4 is 0 Å². The van der Waals surface area contributed by atoms with Gasteiger partial charge in [0, 0.05) is 24.1 Å². The van der Waals surface area contributed by atoms with Crippen LogP contribution in [0.2, 0.25) is 0 Å². The van der Waals surface area contributed by atoms with Crippen molar-refractivity contribution in [3.05, 3.63) is 23.7 Å². The first-order valence-electron chi connectivity index (χ1n) is 5.76. The number of hydrogen-bond acceptors (Lipinski definition) is 2. The molecule has 76 valence electrons. The van der Waals surface area contributed by atoms with Crippen LogP contribution >= 0.6 is 0 Å². The van der Waals surface area contributed by atoms with Gasteiger partial charge in [0.05, 0.1) is 6.26 Å². The Morgan fingerprint density at radius 1 is 1.21 bits per heavy atom. The quantitative estimate of drug-likeness (QED) is 0.777. The predicted molar refractivity (Wildman–Crippen MR) is 55.2 cm³/mol. The highest BCUT2D eigenvalue weighted by atomic mass is 16.3. The van der Waals surface area contributed by atoms with Gasteiger partial charge in [-0.15, -0.1) is 0 Å². The van der Waals surface area contributed by atoms with Gasteiger partial charge in [-0.1, -0.05) is 6.42 Å². The van der Waals surface area contributed by atoms with Crippen LogP contribution < -0.4 is 5.32 Å². The SMILES string of the molecule is c1cc2c(o1)CCCC2NC1CCC1. The number of hydrogen-bond donors (Lipinski definition) is 1. The third kappa shape index (κ3) is 1.38. The zero-order valence-corrected chi connectivity index (χ0v) is 8.46. The van der Waals surface area contributed by atoms with E-state index in [0.29, 0.717) is 6.04 Å². The summed E-state index contributed by atoms with van der Waals surface area (Å²) in [6.45, 7) is 0. The van der Waals surface area contributed by atoms with Crippen LogP contribution in [0.1, 0.15) is 49.5 Å². The number of rotatable bonds is 2. The smallest absolute Gasteiger partial charge is 0.108 e. The Bertz CT molecular complexity index is 314. The van der Waals surface area contributed by atoms with Crippen molar-refractivity contribution in [3.63, 3.8) is 0 Å². The highest BCUT2D eigenvalue weighted by molar-refractivity contribution is 5.24. The summed E-state index contributed by atoms with van der Waals surface area (Å²) >= 11 is 0. The van der Waals surface area contributed by atoms with Crippen LogP contribution in [0, 0.1) is 0 Å². The maximum atomic E-state index is 5.48. The second kappa shape index (κ2) is 3.43. The van der Waals surface area contributed by atoms with Crippen molar-refractivity contribution in [2.45, 2.75) is 50.6 Å². The molecule has 0 aliphatic heterocycles. The van der Waals surface area contributed by atoms with Crippen molar-refractivity contribution in [1.82, 2.24) is 5.32 Å². The van der Waals surface area contributed by atoms with E-state index >= 15 is 0 Å². The van der Waals surface area contributed by atoms with E-state index < -0.39 is 0 Å². The van der Waals surface area contributed by atoms with Gasteiger partial charge < -0.3 is 9.73 Å². The third-order valence-electron chi connectivity index (χ3n) is 3.59. The highest BCUT2D eigenvalue weighted by Gasteiger charge is 2.26. The molecule has 0 bridgehead atoms. The van der Waals surface area contributed by atoms with Gasteiger partial charge in [0.15, 0.2) is 0 Å². The molecule has 1 fully saturated rings. The average Bonchev–Trinajstić information content (AvgIpc) is 2.59. The minimum atomic E-state index is 0.572. The van der Waals surface area contributed by atoms with Gasteiger partial charge in [-0.05, 0) is 31.7 Å². The molecule has 2 aliphatic carbocycles. The fourth-order valence-electron chi connectivity index (χ4n) is 2.52. The maximum Gasteiger partial charge on any atom is 0.108 e. The second-order valence-corrected chi connectivity index (χ2v) is 4.54. The van der Waals surface area contributed by atoms with Crippen LogP contribution in [0.4, 0.5) is 0 Å². The zero-order chi connectivity index (χ0) is 9.38. The largest absolute Gasteiger partial charge is 0.469 e. The monoisotopic (exact) mass is 191 g/mol. The second-order valence-electron chi connectivity index (χ2n) is 4.54. The van der Waals surface area contributed by atoms with Crippen LogP contribution in [0.25, 0.3) is 0 Å². The van der Waals surface area contributed by atoms with E-state index in [1.54, 1.807) is 0 Å². The predicted octanol–water partition coefficient (Wildman–Crippen LogP) is 2.80. The fourth-order valence-corrected chi connectivity index (χ4v) is 2.52. The van der Waals surface area contributed by atoms with E-state index in [1.165, 1.54) is 43.4 Å². The molecule has 1 atom stereocenters. The van der Waals surface area contributed by atoms with Crippen molar-refractivity contribution in [2.24, 2.45) is 0 Å². The van der Waals surface area contributed by atoms with E-state index in [4.69, 9.17) is 4.42 Å². The first kappa shape index (κ1) is 8.54. The zero-order valence-electron chi connectivity index (χ0n) is 8.46. The van der Waals surface area contributed by atoms with E-state index in [0.717, 1.165) is 12.5 Å². The van der Waals surface area contributed by atoms with Crippen molar-refractivity contribution < 1.29 is 4.42 Å². The van der Waals surface area contributed by atoms with Gasteiger partial charge in [0.25, 0.3) is 0 Å². The molecule has 3 rings (SSSR count). The van der Waals surface area contributed by atoms with Gasteiger partial charge in [-0.3, -0.25) is 0 Å². The molecule has 0 radical (unpaired) electrons. The van der Waals surface area contributed by atoms with E-state index in [9.17, 15) is 0 Å². The molecule has 1 aromatic rings. The number of aryl methyl sites for hydroxylation is 1. The molecule has 0 spiro atoms. The van der Waals surface area contributed by atoms with Crippen molar-refractivity contribution in [3.8, 4) is 0 Å². The molecular formula is C12H17NO. The van der Waals surface area contributed by atoms with Gasteiger partial charge in [0.2, 0.25) is 0 Å². The Morgan fingerprint density at radius 2 is 2.14 bits per heavy atom. The summed E-state index contributed by atoms with van der Waals surface area (Å²) in [5, 5.41) is 3.74. The number of furan rings is 1.